The highest BCUT2D eigenvalue weighted by Crippen LogP contribution is 2.31. The molecule has 2 amide bonds. The van der Waals surface area contributed by atoms with Crippen molar-refractivity contribution in [3.8, 4) is 16.6 Å². The molecule has 3 N–H and O–H groups in total. The number of nitrogens with one attached hydrogen (secondary N) is 1. The number of anilines is 1. The van der Waals surface area contributed by atoms with Crippen LogP contribution in [0.5, 0.6) is 0 Å². The summed E-state index contributed by atoms with van der Waals surface area (Å²) in [4.78, 5) is 29.4. The molecule has 128 valence electrons. The molecule has 0 radical (unpaired) electrons. The number of nitrogens with two attached hydrogens (primary N) is 1. The smallest absolute Gasteiger partial charge is 0.265 e. The van der Waals surface area contributed by atoms with E-state index in [2.05, 4.69) is 10.3 Å². The zero-order chi connectivity index (χ0) is 18.0. The molecule has 2 heterocycles. The SMILES string of the molecule is N#CN1CCC(F)(C(=O)Nc2ncc(-c3cccc(C(N)=O)c3)s2)C1. The molecule has 1 fully saturated rings. The van der Waals surface area contributed by atoms with Gasteiger partial charge in [-0.25, -0.2) is 9.37 Å². The Bertz CT molecular complexity index is 877. The van der Waals surface area contributed by atoms with Crippen molar-refractivity contribution in [3.63, 3.8) is 0 Å². The van der Waals surface area contributed by atoms with Gasteiger partial charge in [-0.3, -0.25) is 14.9 Å². The topological polar surface area (TPSA) is 112 Å². The summed E-state index contributed by atoms with van der Waals surface area (Å²) in [7, 11) is 0. The summed E-state index contributed by atoms with van der Waals surface area (Å²) in [6.45, 7) is -0.0440. The van der Waals surface area contributed by atoms with Crippen molar-refractivity contribution in [2.75, 3.05) is 18.4 Å². The van der Waals surface area contributed by atoms with Crippen molar-refractivity contribution in [1.82, 2.24) is 9.88 Å². The maximum Gasteiger partial charge on any atom is 0.265 e. The second-order valence-corrected chi connectivity index (χ2v) is 6.70. The number of nitrogens with zero attached hydrogens (tertiary/aromatic N) is 3. The number of rotatable bonds is 4. The van der Waals surface area contributed by atoms with Crippen molar-refractivity contribution < 1.29 is 14.0 Å². The Morgan fingerprint density at radius 1 is 1.48 bits per heavy atom. The van der Waals surface area contributed by atoms with Crippen LogP contribution in [0.25, 0.3) is 10.4 Å². The van der Waals surface area contributed by atoms with Gasteiger partial charge in [-0.05, 0) is 17.7 Å². The molecular weight excluding hydrogens is 345 g/mol. The van der Waals surface area contributed by atoms with Gasteiger partial charge in [0.15, 0.2) is 11.3 Å². The number of carbonyl (C=O) groups is 2. The minimum Gasteiger partial charge on any atom is -0.366 e. The molecule has 1 unspecified atom stereocenters. The van der Waals surface area contributed by atoms with Crippen LogP contribution in [-0.4, -0.2) is 40.5 Å². The molecule has 9 heteroatoms. The molecular formula is C16H14FN5O2S. The first-order valence-electron chi connectivity index (χ1n) is 7.42. The van der Waals surface area contributed by atoms with Crippen LogP contribution in [0, 0.1) is 11.5 Å². The highest BCUT2D eigenvalue weighted by Gasteiger charge is 2.45. The van der Waals surface area contributed by atoms with E-state index in [-0.39, 0.29) is 24.6 Å². The molecule has 0 saturated carbocycles. The normalized spacial score (nSPS) is 19.4. The van der Waals surface area contributed by atoms with Crippen LogP contribution in [0.2, 0.25) is 0 Å². The third-order valence-electron chi connectivity index (χ3n) is 3.93. The standard InChI is InChI=1S/C16H14FN5O2S/c17-16(4-5-22(8-16)9-18)14(24)21-15-20-7-12(25-15)10-2-1-3-11(6-10)13(19)23/h1-3,6-7H,4-5,8H2,(H2,19,23)(H,20,21,24). The van der Waals surface area contributed by atoms with Gasteiger partial charge in [-0.15, -0.1) is 0 Å². The molecule has 1 aromatic carbocycles. The maximum atomic E-state index is 14.6. The molecule has 1 saturated heterocycles. The van der Waals surface area contributed by atoms with Gasteiger partial charge < -0.3 is 10.6 Å². The molecule has 2 aromatic rings. The van der Waals surface area contributed by atoms with E-state index in [0.29, 0.717) is 10.4 Å². The average molecular weight is 359 g/mol. The zero-order valence-electron chi connectivity index (χ0n) is 13.0. The number of benzene rings is 1. The van der Waals surface area contributed by atoms with Crippen LogP contribution in [-0.2, 0) is 4.79 Å². The Kier molecular flexibility index (Phi) is 4.37. The molecule has 1 aliphatic heterocycles. The van der Waals surface area contributed by atoms with Crippen molar-refractivity contribution in [2.45, 2.75) is 12.1 Å². The summed E-state index contributed by atoms with van der Waals surface area (Å²) in [6.07, 6.45) is 3.33. The van der Waals surface area contributed by atoms with Crippen molar-refractivity contribution in [2.24, 2.45) is 5.73 Å². The minimum atomic E-state index is -2.10. The second kappa shape index (κ2) is 6.49. The number of likely N-dealkylation sites (tertiary alicyclic amines) is 1. The number of hydrogen-bond donors (Lipinski definition) is 2. The third-order valence-corrected chi connectivity index (χ3v) is 4.89. The molecule has 1 atom stereocenters. The first-order chi connectivity index (χ1) is 11.9. The predicted molar refractivity (Wildman–Crippen MR) is 90.3 cm³/mol. The van der Waals surface area contributed by atoms with E-state index in [1.165, 1.54) is 11.1 Å². The van der Waals surface area contributed by atoms with Crippen LogP contribution < -0.4 is 11.1 Å². The number of alkyl halides is 1. The van der Waals surface area contributed by atoms with Crippen molar-refractivity contribution >= 4 is 28.3 Å². The Hall–Kier alpha value is -2.99. The van der Waals surface area contributed by atoms with E-state index in [9.17, 15) is 14.0 Å². The third kappa shape index (κ3) is 3.44. The Balaban J connectivity index is 1.74. The molecule has 1 aromatic heterocycles. The molecule has 0 aliphatic carbocycles. The summed E-state index contributed by atoms with van der Waals surface area (Å²) >= 11 is 1.16. The van der Waals surface area contributed by atoms with E-state index in [1.807, 2.05) is 6.19 Å². The fourth-order valence-electron chi connectivity index (χ4n) is 2.54. The number of aromatic nitrogens is 1. The Morgan fingerprint density at radius 2 is 2.28 bits per heavy atom. The van der Waals surface area contributed by atoms with Gasteiger partial charge in [0.05, 0.1) is 11.4 Å². The maximum absolute atomic E-state index is 14.6. The number of thiazole rings is 1. The van der Waals surface area contributed by atoms with Gasteiger partial charge in [0, 0.05) is 24.7 Å². The summed E-state index contributed by atoms with van der Waals surface area (Å²) in [5.41, 5.74) is 4.24. The van der Waals surface area contributed by atoms with E-state index in [0.717, 1.165) is 16.9 Å². The number of nitriles is 1. The lowest BCUT2D eigenvalue weighted by Crippen LogP contribution is -2.40. The lowest BCUT2D eigenvalue weighted by Gasteiger charge is -2.16. The van der Waals surface area contributed by atoms with Crippen LogP contribution in [0.1, 0.15) is 16.8 Å². The van der Waals surface area contributed by atoms with Crippen LogP contribution in [0.3, 0.4) is 0 Å². The average Bonchev–Trinajstić information content (AvgIpc) is 3.22. The monoisotopic (exact) mass is 359 g/mol. The predicted octanol–water partition coefficient (Wildman–Crippen LogP) is 1.74. The summed E-state index contributed by atoms with van der Waals surface area (Å²) in [5.74, 6) is -1.35. The summed E-state index contributed by atoms with van der Waals surface area (Å²) < 4.78 is 14.6. The highest BCUT2D eigenvalue weighted by atomic mass is 32.1. The molecule has 0 spiro atoms. The van der Waals surface area contributed by atoms with Gasteiger partial charge in [0.1, 0.15) is 0 Å². The van der Waals surface area contributed by atoms with Gasteiger partial charge in [-0.1, -0.05) is 23.5 Å². The van der Waals surface area contributed by atoms with Crippen molar-refractivity contribution in [1.29, 1.82) is 5.26 Å². The summed E-state index contributed by atoms with van der Waals surface area (Å²) in [6, 6.07) is 6.70. The number of amides is 2. The van der Waals surface area contributed by atoms with Gasteiger partial charge in [0.25, 0.3) is 5.91 Å². The van der Waals surface area contributed by atoms with Crippen LogP contribution in [0.4, 0.5) is 9.52 Å². The number of hydrogen-bond acceptors (Lipinski definition) is 6. The second-order valence-electron chi connectivity index (χ2n) is 5.67. The zero-order valence-corrected chi connectivity index (χ0v) is 13.8. The minimum absolute atomic E-state index is 0.0364. The molecule has 25 heavy (non-hydrogen) atoms. The van der Waals surface area contributed by atoms with E-state index in [4.69, 9.17) is 11.0 Å². The van der Waals surface area contributed by atoms with Crippen LogP contribution in [0.15, 0.2) is 30.5 Å². The Labute approximate surface area is 146 Å². The first kappa shape index (κ1) is 16.9. The lowest BCUT2D eigenvalue weighted by atomic mass is 10.1. The quantitative estimate of drug-likeness (QED) is 0.808. The van der Waals surface area contributed by atoms with Gasteiger partial charge in [0.2, 0.25) is 11.6 Å². The molecule has 3 rings (SSSR count). The fraction of sp³-hybridized carbons (Fsp3) is 0.250. The first-order valence-corrected chi connectivity index (χ1v) is 8.24. The lowest BCUT2D eigenvalue weighted by molar-refractivity contribution is -0.126. The largest absolute Gasteiger partial charge is 0.366 e. The van der Waals surface area contributed by atoms with Gasteiger partial charge in [-0.2, -0.15) is 5.26 Å². The van der Waals surface area contributed by atoms with E-state index >= 15 is 0 Å². The number of halogens is 1. The molecule has 1 aliphatic rings. The van der Waals surface area contributed by atoms with Gasteiger partial charge >= 0.3 is 0 Å². The fourth-order valence-corrected chi connectivity index (χ4v) is 3.35. The van der Waals surface area contributed by atoms with Crippen LogP contribution >= 0.6 is 11.3 Å². The van der Waals surface area contributed by atoms with Crippen molar-refractivity contribution in [3.05, 3.63) is 36.0 Å². The Morgan fingerprint density at radius 3 is 2.96 bits per heavy atom. The number of primary amides is 1. The van der Waals surface area contributed by atoms with E-state index in [1.54, 1.807) is 24.3 Å². The molecule has 7 nitrogen and oxygen atoms in total. The number of carbonyl (C=O) groups excluding carboxylic acids is 2. The van der Waals surface area contributed by atoms with E-state index < -0.39 is 17.5 Å². The highest BCUT2D eigenvalue weighted by molar-refractivity contribution is 7.19. The molecule has 0 bridgehead atoms. The summed E-state index contributed by atoms with van der Waals surface area (Å²) in [5, 5.41) is 11.5.